The summed E-state index contributed by atoms with van der Waals surface area (Å²) < 4.78 is 10.1. The van der Waals surface area contributed by atoms with Gasteiger partial charge in [-0.25, -0.2) is 0 Å². The van der Waals surface area contributed by atoms with Crippen molar-refractivity contribution in [3.63, 3.8) is 0 Å². The molecule has 0 aliphatic heterocycles. The first-order valence-electron chi connectivity index (χ1n) is 6.82. The number of nitrogens with one attached hydrogen (secondary N) is 1. The van der Waals surface area contributed by atoms with E-state index >= 15 is 0 Å². The monoisotopic (exact) mass is 261 g/mol. The number of aliphatic hydroxyl groups is 1. The van der Waals surface area contributed by atoms with Crippen LogP contribution in [0.2, 0.25) is 0 Å². The molecule has 0 aromatic heterocycles. The van der Waals surface area contributed by atoms with Gasteiger partial charge in [-0.1, -0.05) is 26.2 Å². The molecule has 108 valence electrons. The van der Waals surface area contributed by atoms with Crippen molar-refractivity contribution >= 4 is 5.97 Å². The van der Waals surface area contributed by atoms with Crippen LogP contribution in [0.5, 0.6) is 0 Å². The fourth-order valence-electron chi connectivity index (χ4n) is 1.46. The van der Waals surface area contributed by atoms with Crippen molar-refractivity contribution in [1.82, 2.24) is 5.32 Å². The molecule has 1 atom stereocenters. The fraction of sp³-hybridized carbons (Fsp3) is 0.923. The van der Waals surface area contributed by atoms with E-state index in [4.69, 9.17) is 9.47 Å². The molecule has 0 bridgehead atoms. The van der Waals surface area contributed by atoms with Crippen molar-refractivity contribution < 1.29 is 19.4 Å². The summed E-state index contributed by atoms with van der Waals surface area (Å²) in [6.45, 7) is 5.77. The second kappa shape index (κ2) is 12.8. The maximum absolute atomic E-state index is 11.0. The summed E-state index contributed by atoms with van der Waals surface area (Å²) in [5, 5.41) is 12.4. The van der Waals surface area contributed by atoms with Gasteiger partial charge in [0.2, 0.25) is 0 Å². The van der Waals surface area contributed by atoms with Crippen LogP contribution in [0.4, 0.5) is 0 Å². The van der Waals surface area contributed by atoms with Gasteiger partial charge in [-0.05, 0) is 13.3 Å². The number of carbonyl (C=O) groups excluding carboxylic acids is 1. The van der Waals surface area contributed by atoms with E-state index in [1.165, 1.54) is 19.3 Å². The molecule has 5 heteroatoms. The van der Waals surface area contributed by atoms with Crippen molar-refractivity contribution in [3.05, 3.63) is 0 Å². The van der Waals surface area contributed by atoms with Crippen molar-refractivity contribution in [1.29, 1.82) is 0 Å². The molecule has 0 rings (SSSR count). The molecule has 0 amide bonds. The average molecular weight is 261 g/mol. The van der Waals surface area contributed by atoms with E-state index in [9.17, 15) is 9.90 Å². The summed E-state index contributed by atoms with van der Waals surface area (Å²) in [6, 6.07) is 0. The average Bonchev–Trinajstić information content (AvgIpc) is 2.34. The Hall–Kier alpha value is -0.650. The minimum Gasteiger partial charge on any atom is -0.465 e. The lowest BCUT2D eigenvalue weighted by atomic mass is 10.2. The zero-order valence-electron chi connectivity index (χ0n) is 11.6. The maximum atomic E-state index is 11.0. The number of esters is 1. The molecule has 0 fully saturated rings. The Kier molecular flexibility index (Phi) is 12.3. The van der Waals surface area contributed by atoms with Crippen LogP contribution in [-0.4, -0.2) is 50.1 Å². The third-order valence-corrected chi connectivity index (χ3v) is 2.41. The number of aliphatic hydroxyl groups excluding tert-OH is 1. The largest absolute Gasteiger partial charge is 0.465 e. The standard InChI is InChI=1S/C13H27NO4/c1-3-5-6-7-8-17-11-12(15)9-14-10-13(16)18-4-2/h12,14-15H,3-11H2,1-2H3. The molecule has 18 heavy (non-hydrogen) atoms. The summed E-state index contributed by atoms with van der Waals surface area (Å²) in [5.74, 6) is -0.301. The predicted molar refractivity (Wildman–Crippen MR) is 70.5 cm³/mol. The topological polar surface area (TPSA) is 67.8 Å². The Morgan fingerprint density at radius 1 is 1.28 bits per heavy atom. The van der Waals surface area contributed by atoms with Crippen LogP contribution in [0.15, 0.2) is 0 Å². The Morgan fingerprint density at radius 2 is 2.06 bits per heavy atom. The van der Waals surface area contributed by atoms with Crippen molar-refractivity contribution in [2.75, 3.05) is 32.9 Å². The van der Waals surface area contributed by atoms with Crippen LogP contribution >= 0.6 is 0 Å². The first-order valence-corrected chi connectivity index (χ1v) is 6.82. The highest BCUT2D eigenvalue weighted by Crippen LogP contribution is 1.99. The van der Waals surface area contributed by atoms with E-state index in [2.05, 4.69) is 12.2 Å². The van der Waals surface area contributed by atoms with Crippen molar-refractivity contribution in [2.24, 2.45) is 0 Å². The van der Waals surface area contributed by atoms with Gasteiger partial charge in [0.25, 0.3) is 0 Å². The lowest BCUT2D eigenvalue weighted by Gasteiger charge is -2.12. The molecule has 0 saturated heterocycles. The number of hydrogen-bond acceptors (Lipinski definition) is 5. The van der Waals surface area contributed by atoms with Gasteiger partial charge < -0.3 is 19.9 Å². The van der Waals surface area contributed by atoms with Crippen LogP contribution in [0.3, 0.4) is 0 Å². The summed E-state index contributed by atoms with van der Waals surface area (Å²) in [5.41, 5.74) is 0. The SMILES string of the molecule is CCCCCCOCC(O)CNCC(=O)OCC. The lowest BCUT2D eigenvalue weighted by Crippen LogP contribution is -2.34. The molecule has 2 N–H and O–H groups in total. The summed E-state index contributed by atoms with van der Waals surface area (Å²) >= 11 is 0. The third kappa shape index (κ3) is 11.8. The normalized spacial score (nSPS) is 12.4. The van der Waals surface area contributed by atoms with E-state index in [0.29, 0.717) is 26.4 Å². The van der Waals surface area contributed by atoms with E-state index < -0.39 is 6.10 Å². The number of ether oxygens (including phenoxy) is 2. The van der Waals surface area contributed by atoms with Gasteiger partial charge in [-0.2, -0.15) is 0 Å². The lowest BCUT2D eigenvalue weighted by molar-refractivity contribution is -0.142. The second-order valence-corrected chi connectivity index (χ2v) is 4.23. The van der Waals surface area contributed by atoms with Crippen LogP contribution in [0.1, 0.15) is 39.5 Å². The van der Waals surface area contributed by atoms with Gasteiger partial charge in [0.1, 0.15) is 0 Å². The minimum absolute atomic E-state index is 0.126. The number of unbranched alkanes of at least 4 members (excludes halogenated alkanes) is 3. The summed E-state index contributed by atoms with van der Waals surface area (Å²) in [4.78, 5) is 11.0. The summed E-state index contributed by atoms with van der Waals surface area (Å²) in [7, 11) is 0. The van der Waals surface area contributed by atoms with E-state index in [1.807, 2.05) is 0 Å². The van der Waals surface area contributed by atoms with Gasteiger partial charge in [0.15, 0.2) is 0 Å². The molecular weight excluding hydrogens is 234 g/mol. The van der Waals surface area contributed by atoms with Crippen LogP contribution in [-0.2, 0) is 14.3 Å². The predicted octanol–water partition coefficient (Wildman–Crippen LogP) is 1.10. The van der Waals surface area contributed by atoms with Crippen LogP contribution in [0.25, 0.3) is 0 Å². The Bertz CT molecular complexity index is 199. The molecule has 0 aromatic carbocycles. The van der Waals surface area contributed by atoms with Gasteiger partial charge >= 0.3 is 5.97 Å². The van der Waals surface area contributed by atoms with Gasteiger partial charge in [-0.3, -0.25) is 4.79 Å². The highest BCUT2D eigenvalue weighted by atomic mass is 16.5. The zero-order valence-corrected chi connectivity index (χ0v) is 11.6. The van der Waals surface area contributed by atoms with Gasteiger partial charge in [0, 0.05) is 13.2 Å². The Morgan fingerprint density at radius 3 is 2.72 bits per heavy atom. The molecule has 1 unspecified atom stereocenters. The molecule has 0 aromatic rings. The Labute approximate surface area is 110 Å². The van der Waals surface area contributed by atoms with Gasteiger partial charge in [-0.15, -0.1) is 0 Å². The van der Waals surface area contributed by atoms with Gasteiger partial charge in [0.05, 0.1) is 25.9 Å². The quantitative estimate of drug-likeness (QED) is 0.407. The molecular formula is C13H27NO4. The van der Waals surface area contributed by atoms with E-state index in [1.54, 1.807) is 6.92 Å². The zero-order chi connectivity index (χ0) is 13.6. The number of rotatable bonds is 12. The van der Waals surface area contributed by atoms with Crippen molar-refractivity contribution in [3.8, 4) is 0 Å². The molecule has 0 aliphatic rings. The first-order chi connectivity index (χ1) is 8.70. The molecule has 0 radical (unpaired) electrons. The highest BCUT2D eigenvalue weighted by Gasteiger charge is 2.06. The summed E-state index contributed by atoms with van der Waals surface area (Å²) in [6.07, 6.45) is 4.07. The Balaban J connectivity index is 3.27. The highest BCUT2D eigenvalue weighted by molar-refractivity contribution is 5.71. The van der Waals surface area contributed by atoms with Crippen LogP contribution in [0, 0.1) is 0 Å². The van der Waals surface area contributed by atoms with Crippen molar-refractivity contribution in [2.45, 2.75) is 45.6 Å². The van der Waals surface area contributed by atoms with E-state index in [0.717, 1.165) is 6.42 Å². The van der Waals surface area contributed by atoms with E-state index in [-0.39, 0.29) is 12.5 Å². The first kappa shape index (κ1) is 17.4. The number of carbonyl (C=O) groups is 1. The molecule has 0 spiro atoms. The molecule has 0 saturated carbocycles. The minimum atomic E-state index is -0.578. The molecule has 0 aliphatic carbocycles. The molecule has 5 nitrogen and oxygen atoms in total. The van der Waals surface area contributed by atoms with Crippen LogP contribution < -0.4 is 5.32 Å². The smallest absolute Gasteiger partial charge is 0.319 e. The molecule has 0 heterocycles. The number of hydrogen-bond donors (Lipinski definition) is 2. The fourth-order valence-corrected chi connectivity index (χ4v) is 1.46. The second-order valence-electron chi connectivity index (χ2n) is 4.23. The maximum Gasteiger partial charge on any atom is 0.319 e. The third-order valence-electron chi connectivity index (χ3n) is 2.41.